The average molecular weight is 205 g/mol. The van der Waals surface area contributed by atoms with Crippen LogP contribution in [0.3, 0.4) is 0 Å². The summed E-state index contributed by atoms with van der Waals surface area (Å²) >= 11 is 0. The van der Waals surface area contributed by atoms with E-state index in [1.54, 1.807) is 12.3 Å². The van der Waals surface area contributed by atoms with E-state index in [1.165, 1.54) is 12.1 Å². The van der Waals surface area contributed by atoms with Crippen LogP contribution in [-0.2, 0) is 6.54 Å². The molecule has 0 spiro atoms. The number of fused-ring (bicyclic) bond motifs is 1. The minimum absolute atomic E-state index is 0.166. The molecule has 0 amide bonds. The Hall–Kier alpha value is -1.97. The summed E-state index contributed by atoms with van der Waals surface area (Å²) in [6.07, 6.45) is 1.67. The van der Waals surface area contributed by atoms with E-state index in [1.807, 2.05) is 11.5 Å². The lowest BCUT2D eigenvalue weighted by Crippen LogP contribution is -2.07. The fraction of sp³-hybridized carbons (Fsp3) is 0.182. The molecule has 78 valence electrons. The number of aromatic nitrogens is 1. The Morgan fingerprint density at radius 2 is 2.00 bits per heavy atom. The Morgan fingerprint density at radius 1 is 1.27 bits per heavy atom. The zero-order valence-corrected chi connectivity index (χ0v) is 8.27. The van der Waals surface area contributed by atoms with E-state index < -0.39 is 0 Å². The first kappa shape index (κ1) is 9.58. The average Bonchev–Trinajstić information content (AvgIpc) is 2.24. The quantitative estimate of drug-likeness (QED) is 0.692. The molecule has 0 unspecified atom stereocenters. The molecule has 1 heterocycles. The number of aryl methyl sites for hydroxylation is 1. The maximum atomic E-state index is 11.5. The first-order chi connectivity index (χ1) is 7.15. The zero-order chi connectivity index (χ0) is 11.0. The predicted octanol–water partition coefficient (Wildman–Crippen LogP) is 1.43. The van der Waals surface area contributed by atoms with Crippen LogP contribution in [0.5, 0.6) is 11.5 Å². The molecule has 0 saturated heterocycles. The number of hydrogen-bond acceptors (Lipinski definition) is 3. The summed E-state index contributed by atoms with van der Waals surface area (Å²) in [5.74, 6) is -0.617. The van der Waals surface area contributed by atoms with Gasteiger partial charge in [-0.3, -0.25) is 4.79 Å². The van der Waals surface area contributed by atoms with E-state index in [-0.39, 0.29) is 22.3 Å². The number of phenols is 2. The predicted molar refractivity (Wildman–Crippen MR) is 57.2 cm³/mol. The summed E-state index contributed by atoms with van der Waals surface area (Å²) in [5.41, 5.74) is 0.336. The van der Waals surface area contributed by atoms with Crippen LogP contribution in [0, 0.1) is 0 Å². The lowest BCUT2D eigenvalue weighted by molar-refractivity contribution is 0.408. The van der Waals surface area contributed by atoms with Crippen molar-refractivity contribution in [3.63, 3.8) is 0 Å². The van der Waals surface area contributed by atoms with Crippen LogP contribution < -0.4 is 5.43 Å². The Kier molecular flexibility index (Phi) is 2.11. The lowest BCUT2D eigenvalue weighted by Gasteiger charge is -2.09. The van der Waals surface area contributed by atoms with Crippen LogP contribution >= 0.6 is 0 Å². The standard InChI is InChI=1S/C11H11NO3/c1-2-12-6-5-8(13)10-7(12)3-4-9(14)11(10)15/h3-6,14-15H,2H2,1H3. The minimum atomic E-state index is -0.347. The van der Waals surface area contributed by atoms with Gasteiger partial charge in [-0.2, -0.15) is 0 Å². The minimum Gasteiger partial charge on any atom is -0.504 e. The van der Waals surface area contributed by atoms with E-state index in [0.29, 0.717) is 12.1 Å². The highest BCUT2D eigenvalue weighted by molar-refractivity contribution is 5.87. The molecule has 15 heavy (non-hydrogen) atoms. The highest BCUT2D eigenvalue weighted by Gasteiger charge is 2.10. The fourth-order valence-electron chi connectivity index (χ4n) is 1.65. The monoisotopic (exact) mass is 205 g/mol. The highest BCUT2D eigenvalue weighted by Crippen LogP contribution is 2.30. The van der Waals surface area contributed by atoms with Crippen molar-refractivity contribution in [2.45, 2.75) is 13.5 Å². The van der Waals surface area contributed by atoms with Crippen molar-refractivity contribution >= 4 is 10.9 Å². The second-order valence-corrected chi connectivity index (χ2v) is 3.29. The summed E-state index contributed by atoms with van der Waals surface area (Å²) in [4.78, 5) is 11.5. The zero-order valence-electron chi connectivity index (χ0n) is 8.27. The molecule has 0 aliphatic heterocycles. The third kappa shape index (κ3) is 1.34. The molecule has 2 aromatic rings. The van der Waals surface area contributed by atoms with Crippen LogP contribution in [0.15, 0.2) is 29.2 Å². The van der Waals surface area contributed by atoms with Gasteiger partial charge >= 0.3 is 0 Å². The van der Waals surface area contributed by atoms with Crippen LogP contribution in [0.25, 0.3) is 10.9 Å². The van der Waals surface area contributed by atoms with E-state index in [4.69, 9.17) is 0 Å². The Labute approximate surface area is 86.0 Å². The topological polar surface area (TPSA) is 62.5 Å². The third-order valence-electron chi connectivity index (χ3n) is 2.44. The van der Waals surface area contributed by atoms with Gasteiger partial charge in [0.15, 0.2) is 16.9 Å². The smallest absolute Gasteiger partial charge is 0.193 e. The Bertz CT molecular complexity index is 572. The molecule has 0 fully saturated rings. The Balaban J connectivity index is 3.00. The molecule has 2 rings (SSSR count). The van der Waals surface area contributed by atoms with Gasteiger partial charge in [-0.05, 0) is 19.1 Å². The molecule has 0 atom stereocenters. The molecule has 2 N–H and O–H groups in total. The summed E-state index contributed by atoms with van der Waals surface area (Å²) in [6, 6.07) is 4.38. The first-order valence-electron chi connectivity index (χ1n) is 4.69. The largest absolute Gasteiger partial charge is 0.504 e. The molecule has 0 radical (unpaired) electrons. The van der Waals surface area contributed by atoms with Gasteiger partial charge in [-0.15, -0.1) is 0 Å². The van der Waals surface area contributed by atoms with Gasteiger partial charge in [0.25, 0.3) is 0 Å². The lowest BCUT2D eigenvalue weighted by atomic mass is 10.1. The number of benzene rings is 1. The van der Waals surface area contributed by atoms with Crippen molar-refractivity contribution in [1.82, 2.24) is 4.57 Å². The van der Waals surface area contributed by atoms with Crippen LogP contribution in [0.4, 0.5) is 0 Å². The van der Waals surface area contributed by atoms with Crippen molar-refractivity contribution in [1.29, 1.82) is 0 Å². The SMILES string of the molecule is CCn1ccc(=O)c2c(O)c(O)ccc21. The van der Waals surface area contributed by atoms with Gasteiger partial charge in [0, 0.05) is 18.8 Å². The van der Waals surface area contributed by atoms with Crippen LogP contribution in [0.1, 0.15) is 6.92 Å². The van der Waals surface area contributed by atoms with Crippen LogP contribution in [0.2, 0.25) is 0 Å². The van der Waals surface area contributed by atoms with E-state index >= 15 is 0 Å². The summed E-state index contributed by atoms with van der Waals surface area (Å²) < 4.78 is 1.83. The van der Waals surface area contributed by atoms with E-state index in [2.05, 4.69) is 0 Å². The third-order valence-corrected chi connectivity index (χ3v) is 2.44. The molecule has 1 aromatic carbocycles. The van der Waals surface area contributed by atoms with Gasteiger partial charge in [-0.25, -0.2) is 0 Å². The van der Waals surface area contributed by atoms with Crippen molar-refractivity contribution in [3.05, 3.63) is 34.6 Å². The fourth-order valence-corrected chi connectivity index (χ4v) is 1.65. The number of rotatable bonds is 1. The molecule has 1 aromatic heterocycles. The summed E-state index contributed by atoms with van der Waals surface area (Å²) in [5, 5.41) is 19.1. The molecule has 0 saturated carbocycles. The first-order valence-corrected chi connectivity index (χ1v) is 4.69. The summed E-state index contributed by atoms with van der Waals surface area (Å²) in [7, 11) is 0. The highest BCUT2D eigenvalue weighted by atomic mass is 16.3. The van der Waals surface area contributed by atoms with Crippen molar-refractivity contribution in [2.24, 2.45) is 0 Å². The van der Waals surface area contributed by atoms with Crippen LogP contribution in [-0.4, -0.2) is 14.8 Å². The number of hydrogen-bond donors (Lipinski definition) is 2. The van der Waals surface area contributed by atoms with Crippen molar-refractivity contribution in [3.8, 4) is 11.5 Å². The molecular formula is C11H11NO3. The van der Waals surface area contributed by atoms with Crippen molar-refractivity contribution in [2.75, 3.05) is 0 Å². The van der Waals surface area contributed by atoms with Crippen molar-refractivity contribution < 1.29 is 10.2 Å². The molecular weight excluding hydrogens is 194 g/mol. The molecule has 4 nitrogen and oxygen atoms in total. The van der Waals surface area contributed by atoms with Gasteiger partial charge in [-0.1, -0.05) is 0 Å². The Morgan fingerprint density at radius 3 is 2.67 bits per heavy atom. The number of pyridine rings is 1. The maximum absolute atomic E-state index is 11.5. The second kappa shape index (κ2) is 3.31. The van der Waals surface area contributed by atoms with Gasteiger partial charge in [0.1, 0.15) is 0 Å². The normalized spacial score (nSPS) is 10.7. The van der Waals surface area contributed by atoms with E-state index in [0.717, 1.165) is 0 Å². The second-order valence-electron chi connectivity index (χ2n) is 3.29. The van der Waals surface area contributed by atoms with Gasteiger partial charge in [0.05, 0.1) is 10.9 Å². The molecule has 0 bridgehead atoms. The van der Waals surface area contributed by atoms with E-state index in [9.17, 15) is 15.0 Å². The maximum Gasteiger partial charge on any atom is 0.193 e. The molecule has 0 aliphatic carbocycles. The molecule has 0 aliphatic rings. The number of phenolic OH excluding ortho intramolecular Hbond substituents is 2. The van der Waals surface area contributed by atoms with Gasteiger partial charge in [0.2, 0.25) is 0 Å². The van der Waals surface area contributed by atoms with Gasteiger partial charge < -0.3 is 14.8 Å². The summed E-state index contributed by atoms with van der Waals surface area (Å²) in [6.45, 7) is 2.63. The number of nitrogens with zero attached hydrogens (tertiary/aromatic N) is 1. The molecule has 4 heteroatoms. The number of aromatic hydroxyl groups is 2.